The molecule has 0 saturated carbocycles. The van der Waals surface area contributed by atoms with Gasteiger partial charge in [0, 0.05) is 31.1 Å². The minimum Gasteiger partial charge on any atom is -0.344 e. The fraction of sp³-hybridized carbons (Fsp3) is 0.467. The van der Waals surface area contributed by atoms with E-state index in [1.165, 1.54) is 10.4 Å². The summed E-state index contributed by atoms with van der Waals surface area (Å²) in [6.45, 7) is 4.56. The molecule has 1 fully saturated rings. The van der Waals surface area contributed by atoms with Crippen LogP contribution in [0.3, 0.4) is 0 Å². The normalized spacial score (nSPS) is 21.3. The topological polar surface area (TPSA) is 118 Å². The van der Waals surface area contributed by atoms with Crippen LogP contribution in [-0.4, -0.2) is 69.9 Å². The number of piperidine rings is 1. The zero-order valence-electron chi connectivity index (χ0n) is 24.0. The van der Waals surface area contributed by atoms with E-state index in [1.54, 1.807) is 28.6 Å². The Morgan fingerprint density at radius 2 is 1.76 bits per heavy atom. The Morgan fingerprint density at radius 1 is 0.976 bits per heavy atom. The summed E-state index contributed by atoms with van der Waals surface area (Å²) in [4.78, 5) is 33.6. The van der Waals surface area contributed by atoms with E-state index in [9.17, 15) is 18.0 Å². The molecule has 0 radical (unpaired) electrons. The highest BCUT2D eigenvalue weighted by molar-refractivity contribution is 7.89. The smallest absolute Gasteiger partial charge is 0.243 e. The third kappa shape index (κ3) is 6.68. The van der Waals surface area contributed by atoms with Crippen LogP contribution in [0.4, 0.5) is 0 Å². The molecule has 0 unspecified atom stereocenters. The van der Waals surface area contributed by atoms with Gasteiger partial charge in [-0.25, -0.2) is 18.1 Å². The summed E-state index contributed by atoms with van der Waals surface area (Å²) in [6, 6.07) is 13.4. The maximum atomic E-state index is 13.8. The lowest BCUT2D eigenvalue weighted by atomic mass is 9.99. The van der Waals surface area contributed by atoms with E-state index in [0.717, 1.165) is 24.0 Å². The maximum absolute atomic E-state index is 13.8. The summed E-state index contributed by atoms with van der Waals surface area (Å²) in [5.74, 6) is 0.733. The molecule has 3 aromatic rings. The molecule has 224 valence electrons. The molecular formula is C30H37ClN6O4S. The van der Waals surface area contributed by atoms with Crippen LogP contribution in [0, 0.1) is 13.8 Å². The van der Waals surface area contributed by atoms with E-state index in [-0.39, 0.29) is 42.8 Å². The highest BCUT2D eigenvalue weighted by Crippen LogP contribution is 2.26. The summed E-state index contributed by atoms with van der Waals surface area (Å²) in [7, 11) is -3.92. The third-order valence-electron chi connectivity index (χ3n) is 7.98. The quantitative estimate of drug-likeness (QED) is 0.479. The molecule has 10 nitrogen and oxygen atoms in total. The summed E-state index contributed by atoms with van der Waals surface area (Å²) >= 11 is 6.30. The van der Waals surface area contributed by atoms with Crippen molar-refractivity contribution in [2.24, 2.45) is 0 Å². The first-order chi connectivity index (χ1) is 20.1. The van der Waals surface area contributed by atoms with Crippen molar-refractivity contribution in [3.05, 3.63) is 76.3 Å². The van der Waals surface area contributed by atoms with Gasteiger partial charge in [-0.3, -0.25) is 9.59 Å². The Morgan fingerprint density at radius 3 is 2.52 bits per heavy atom. The average Bonchev–Trinajstić information content (AvgIpc) is 3.35. The number of nitrogens with zero attached hydrogens (tertiary/aromatic N) is 5. The number of aryl methyl sites for hydroxylation is 2. The van der Waals surface area contributed by atoms with Crippen molar-refractivity contribution in [3.8, 4) is 0 Å². The number of carbonyl (C=O) groups excluding carboxylic acids is 2. The monoisotopic (exact) mass is 612 g/mol. The number of benzene rings is 2. The summed E-state index contributed by atoms with van der Waals surface area (Å²) in [5.41, 5.74) is 1.79. The number of aromatic nitrogens is 3. The van der Waals surface area contributed by atoms with E-state index in [0.29, 0.717) is 42.5 Å². The highest BCUT2D eigenvalue weighted by Gasteiger charge is 2.35. The van der Waals surface area contributed by atoms with Crippen molar-refractivity contribution >= 4 is 33.4 Å². The number of hydrogen-bond acceptors (Lipinski definition) is 6. The predicted octanol–water partition coefficient (Wildman–Crippen LogP) is 3.81. The molecule has 0 spiro atoms. The van der Waals surface area contributed by atoms with Crippen LogP contribution >= 0.6 is 11.6 Å². The van der Waals surface area contributed by atoms with Crippen molar-refractivity contribution < 1.29 is 18.0 Å². The third-order valence-corrected chi connectivity index (χ3v) is 10.3. The fourth-order valence-corrected chi connectivity index (χ4v) is 7.45. The van der Waals surface area contributed by atoms with Crippen LogP contribution in [0.1, 0.15) is 60.9 Å². The first kappa shape index (κ1) is 30.2. The van der Waals surface area contributed by atoms with Gasteiger partial charge in [-0.05, 0) is 69.2 Å². The van der Waals surface area contributed by atoms with Gasteiger partial charge < -0.3 is 10.2 Å². The number of carbonyl (C=O) groups is 2. The highest BCUT2D eigenvalue weighted by atomic mass is 35.5. The number of amides is 2. The first-order valence-electron chi connectivity index (χ1n) is 14.4. The Bertz CT molecular complexity index is 1540. The number of fused-ring (bicyclic) bond motifs is 2. The molecule has 42 heavy (non-hydrogen) atoms. The molecule has 0 aliphatic carbocycles. The molecule has 12 heteroatoms. The van der Waals surface area contributed by atoms with Gasteiger partial charge >= 0.3 is 0 Å². The van der Waals surface area contributed by atoms with Crippen molar-refractivity contribution in [3.63, 3.8) is 0 Å². The second-order valence-corrected chi connectivity index (χ2v) is 13.4. The van der Waals surface area contributed by atoms with Crippen LogP contribution in [0.5, 0.6) is 0 Å². The minimum atomic E-state index is -3.92. The molecule has 2 aromatic carbocycles. The molecule has 2 amide bonds. The van der Waals surface area contributed by atoms with Gasteiger partial charge in [0.05, 0.1) is 17.5 Å². The second kappa shape index (κ2) is 12.9. The molecular weight excluding hydrogens is 576 g/mol. The number of nitrogens with one attached hydrogen (secondary N) is 1. The van der Waals surface area contributed by atoms with E-state index in [1.807, 2.05) is 37.3 Å². The Hall–Kier alpha value is -3.28. The molecule has 1 aromatic heterocycles. The Balaban J connectivity index is 1.53. The summed E-state index contributed by atoms with van der Waals surface area (Å²) in [5, 5.41) is 8.15. The second-order valence-electron chi connectivity index (χ2n) is 11.0. The van der Waals surface area contributed by atoms with Crippen LogP contribution in [0.2, 0.25) is 5.02 Å². The van der Waals surface area contributed by atoms with Gasteiger partial charge in [-0.2, -0.15) is 9.40 Å². The van der Waals surface area contributed by atoms with Crippen molar-refractivity contribution in [2.75, 3.05) is 19.6 Å². The van der Waals surface area contributed by atoms with Gasteiger partial charge in [-0.15, -0.1) is 0 Å². The summed E-state index contributed by atoms with van der Waals surface area (Å²) in [6.07, 6.45) is 3.19. The molecule has 2 aliphatic rings. The molecule has 5 rings (SSSR count). The van der Waals surface area contributed by atoms with Gasteiger partial charge in [-0.1, -0.05) is 48.0 Å². The first-order valence-corrected chi connectivity index (χ1v) is 16.3. The predicted molar refractivity (Wildman–Crippen MR) is 159 cm³/mol. The minimum absolute atomic E-state index is 0.103. The lowest BCUT2D eigenvalue weighted by Gasteiger charge is -2.36. The lowest BCUT2D eigenvalue weighted by Crippen LogP contribution is -2.53. The molecule has 0 bridgehead atoms. The van der Waals surface area contributed by atoms with Crippen molar-refractivity contribution in [1.82, 2.24) is 29.3 Å². The van der Waals surface area contributed by atoms with Crippen LogP contribution < -0.4 is 5.32 Å². The Labute approximate surface area is 252 Å². The number of halogens is 1. The molecule has 3 heterocycles. The SMILES string of the molecule is Cc1nc2n(n1)CCN(S(=O)(=O)c1ccc(C)c(Cl)c1)CCCC(=O)N1CCCC[C@H]1C(=O)N[C@@H]2Cc1ccccc1. The fourth-order valence-electron chi connectivity index (χ4n) is 5.71. The number of sulfonamides is 1. The number of rotatable bonds is 4. The molecule has 2 atom stereocenters. The Kier molecular flexibility index (Phi) is 9.29. The largest absolute Gasteiger partial charge is 0.344 e. The zero-order valence-corrected chi connectivity index (χ0v) is 25.6. The average molecular weight is 613 g/mol. The van der Waals surface area contributed by atoms with Gasteiger partial charge in [0.25, 0.3) is 0 Å². The maximum Gasteiger partial charge on any atom is 0.243 e. The molecule has 1 N–H and O–H groups in total. The van der Waals surface area contributed by atoms with Crippen molar-refractivity contribution in [2.45, 2.75) is 75.9 Å². The molecule has 1 saturated heterocycles. The van der Waals surface area contributed by atoms with Gasteiger partial charge in [0.2, 0.25) is 21.8 Å². The van der Waals surface area contributed by atoms with Gasteiger partial charge in [0.15, 0.2) is 0 Å². The van der Waals surface area contributed by atoms with Crippen molar-refractivity contribution in [1.29, 1.82) is 0 Å². The zero-order chi connectivity index (χ0) is 29.9. The van der Waals surface area contributed by atoms with E-state index >= 15 is 0 Å². The summed E-state index contributed by atoms with van der Waals surface area (Å²) < 4.78 is 30.8. The van der Waals surface area contributed by atoms with E-state index in [4.69, 9.17) is 16.6 Å². The van der Waals surface area contributed by atoms with E-state index < -0.39 is 22.1 Å². The van der Waals surface area contributed by atoms with E-state index in [2.05, 4.69) is 10.4 Å². The van der Waals surface area contributed by atoms with Gasteiger partial charge in [0.1, 0.15) is 17.7 Å². The standard InChI is InChI=1S/C30H37ClN6O4S/c1-21-13-14-24(20-25(21)31)42(40,41)35-15-8-12-28(38)36-16-7-6-11-27(36)30(39)33-26(19-23-9-4-3-5-10-23)29-32-22(2)34-37(29)18-17-35/h3-5,9-10,13-14,20,26-27H,6-8,11-12,15-19H2,1-2H3,(H,33,39)/t26-,27+/m1/s1. The molecule has 2 aliphatic heterocycles. The van der Waals surface area contributed by atoms with Crippen LogP contribution in [0.25, 0.3) is 0 Å². The van der Waals surface area contributed by atoms with Crippen LogP contribution in [-0.2, 0) is 32.6 Å². The number of hydrogen-bond donors (Lipinski definition) is 1. The van der Waals surface area contributed by atoms with Crippen LogP contribution in [0.15, 0.2) is 53.4 Å². The lowest BCUT2D eigenvalue weighted by molar-refractivity contribution is -0.142.